The standard InChI is InChI=1S/C25H34FN3O4.C3H4/c1-3-8-25(31)33-16-7-5-4-6-11-28-12-14-29(15-13-28)19-23(30)21-17-24(32-2)20(18-27)9-10-22(21)26;1-3-2/h3-5,9,17,23,30H,1,6-8,10-16,19H2,2H3;1H,2H3/b5-4+;. The Morgan fingerprint density at radius 3 is 2.56 bits per heavy atom. The highest BCUT2D eigenvalue weighted by Crippen LogP contribution is 2.26. The molecular weight excluding hydrogens is 461 g/mol. The van der Waals surface area contributed by atoms with Crippen molar-refractivity contribution in [3.63, 3.8) is 0 Å². The van der Waals surface area contributed by atoms with E-state index in [4.69, 9.17) is 9.47 Å². The van der Waals surface area contributed by atoms with Gasteiger partial charge in [0.2, 0.25) is 0 Å². The number of hydrogen-bond donors (Lipinski definition) is 1. The van der Waals surface area contributed by atoms with Crippen LogP contribution in [0.3, 0.4) is 0 Å². The third-order valence-electron chi connectivity index (χ3n) is 5.58. The van der Waals surface area contributed by atoms with Crippen LogP contribution in [0, 0.1) is 23.7 Å². The van der Waals surface area contributed by atoms with E-state index in [-0.39, 0.29) is 35.7 Å². The Bertz CT molecular complexity index is 916. The van der Waals surface area contributed by atoms with Crippen LogP contribution >= 0.6 is 0 Å². The Balaban J connectivity index is 0.00000205. The van der Waals surface area contributed by atoms with Crippen molar-refractivity contribution in [1.29, 1.82) is 5.26 Å². The van der Waals surface area contributed by atoms with Crippen molar-refractivity contribution in [1.82, 2.24) is 9.80 Å². The number of nitriles is 1. The number of ether oxygens (including phenoxy) is 2. The van der Waals surface area contributed by atoms with E-state index in [1.807, 2.05) is 12.1 Å². The zero-order chi connectivity index (χ0) is 26.8. The number of rotatable bonds is 12. The molecule has 0 amide bonds. The number of nitrogens with zero attached hydrogens (tertiary/aromatic N) is 3. The van der Waals surface area contributed by atoms with Crippen LogP contribution in [0.1, 0.15) is 32.6 Å². The lowest BCUT2D eigenvalue weighted by Crippen LogP contribution is -2.48. The van der Waals surface area contributed by atoms with Crippen LogP contribution in [-0.2, 0) is 14.3 Å². The molecule has 0 spiro atoms. The number of carbonyl (C=O) groups is 1. The molecule has 1 unspecified atom stereocenters. The van der Waals surface area contributed by atoms with Gasteiger partial charge in [0.1, 0.15) is 17.7 Å². The van der Waals surface area contributed by atoms with Crippen LogP contribution in [0.2, 0.25) is 0 Å². The molecule has 1 saturated heterocycles. The minimum absolute atomic E-state index is 0.0306. The molecule has 0 aromatic rings. The Labute approximate surface area is 214 Å². The largest absolute Gasteiger partial charge is 0.495 e. The molecule has 7 nitrogen and oxygen atoms in total. The van der Waals surface area contributed by atoms with Gasteiger partial charge in [0.25, 0.3) is 0 Å². The van der Waals surface area contributed by atoms with Gasteiger partial charge in [-0.2, -0.15) is 5.26 Å². The molecule has 1 aliphatic carbocycles. The van der Waals surface area contributed by atoms with Gasteiger partial charge in [-0.1, -0.05) is 24.3 Å². The molecule has 0 saturated carbocycles. The highest BCUT2D eigenvalue weighted by atomic mass is 19.1. The summed E-state index contributed by atoms with van der Waals surface area (Å²) in [5.74, 6) is 1.83. The lowest BCUT2D eigenvalue weighted by atomic mass is 10.1. The van der Waals surface area contributed by atoms with Crippen molar-refractivity contribution in [2.75, 3.05) is 53.0 Å². The van der Waals surface area contributed by atoms with Crippen LogP contribution < -0.4 is 0 Å². The van der Waals surface area contributed by atoms with Crippen LogP contribution in [0.4, 0.5) is 4.39 Å². The number of esters is 1. The lowest BCUT2D eigenvalue weighted by molar-refractivity contribution is -0.142. The number of β-amino-alcohol motifs (C(OH)–C–C–N with tert-alkyl or cyclic N) is 1. The molecular formula is C28H38FN3O4. The van der Waals surface area contributed by atoms with E-state index < -0.39 is 11.9 Å². The molecule has 2 rings (SSSR count). The summed E-state index contributed by atoms with van der Waals surface area (Å²) in [4.78, 5) is 15.7. The summed E-state index contributed by atoms with van der Waals surface area (Å²) in [7, 11) is 1.43. The van der Waals surface area contributed by atoms with Gasteiger partial charge in [0, 0.05) is 51.3 Å². The summed E-state index contributed by atoms with van der Waals surface area (Å²) in [6, 6.07) is 2.00. The van der Waals surface area contributed by atoms with Crippen molar-refractivity contribution in [3.05, 3.63) is 59.7 Å². The molecule has 0 radical (unpaired) electrons. The Kier molecular flexibility index (Phi) is 15.6. The highest BCUT2D eigenvalue weighted by molar-refractivity contribution is 5.70. The van der Waals surface area contributed by atoms with E-state index >= 15 is 0 Å². The molecule has 1 fully saturated rings. The highest BCUT2D eigenvalue weighted by Gasteiger charge is 2.24. The first-order chi connectivity index (χ1) is 17.4. The fraction of sp³-hybridized carbons (Fsp3) is 0.500. The Morgan fingerprint density at radius 2 is 1.94 bits per heavy atom. The maximum atomic E-state index is 14.5. The van der Waals surface area contributed by atoms with Crippen molar-refractivity contribution < 1.29 is 23.8 Å². The van der Waals surface area contributed by atoms with E-state index in [1.54, 1.807) is 6.92 Å². The van der Waals surface area contributed by atoms with Crippen LogP contribution in [0.15, 0.2) is 59.7 Å². The predicted octanol–water partition coefficient (Wildman–Crippen LogP) is 3.67. The van der Waals surface area contributed by atoms with Gasteiger partial charge < -0.3 is 19.5 Å². The first-order valence-corrected chi connectivity index (χ1v) is 12.1. The van der Waals surface area contributed by atoms with Crippen molar-refractivity contribution in [2.45, 2.75) is 38.7 Å². The summed E-state index contributed by atoms with van der Waals surface area (Å²) in [6.07, 6.45) is 14.0. The zero-order valence-corrected chi connectivity index (χ0v) is 21.4. The topological polar surface area (TPSA) is 86.0 Å². The third-order valence-corrected chi connectivity index (χ3v) is 5.58. The average molecular weight is 500 g/mol. The summed E-state index contributed by atoms with van der Waals surface area (Å²) >= 11 is 0. The summed E-state index contributed by atoms with van der Waals surface area (Å²) in [5, 5.41) is 19.9. The second-order valence-corrected chi connectivity index (χ2v) is 8.22. The second kappa shape index (κ2) is 18.1. The SMILES string of the molecule is C#CC.C=CCC(=O)OCC/C=C/CCN1CCN(CC(O)C2=C(F)CC=C(C#N)C(OC)=C2)CC1. The summed E-state index contributed by atoms with van der Waals surface area (Å²) in [5.41, 5.74) is 0.447. The predicted molar refractivity (Wildman–Crippen MR) is 139 cm³/mol. The fourth-order valence-electron chi connectivity index (χ4n) is 3.70. The first-order valence-electron chi connectivity index (χ1n) is 12.1. The van der Waals surface area contributed by atoms with Crippen LogP contribution in [-0.4, -0.2) is 80.0 Å². The number of carbonyl (C=O) groups excluding carboxylic acids is 1. The number of allylic oxidation sites excluding steroid dienone is 3. The van der Waals surface area contributed by atoms with E-state index in [2.05, 4.69) is 34.8 Å². The second-order valence-electron chi connectivity index (χ2n) is 8.22. The molecule has 1 heterocycles. The maximum absolute atomic E-state index is 14.5. The van der Waals surface area contributed by atoms with E-state index in [1.165, 1.54) is 25.3 Å². The lowest BCUT2D eigenvalue weighted by Gasteiger charge is -2.35. The molecule has 0 aromatic carbocycles. The van der Waals surface area contributed by atoms with Crippen molar-refractivity contribution in [2.24, 2.45) is 0 Å². The van der Waals surface area contributed by atoms with Gasteiger partial charge >= 0.3 is 5.97 Å². The molecule has 0 aromatic heterocycles. The van der Waals surface area contributed by atoms with Gasteiger partial charge in [-0.3, -0.25) is 9.69 Å². The molecule has 36 heavy (non-hydrogen) atoms. The Hall–Kier alpha value is -3.17. The number of aliphatic hydroxyl groups excluding tert-OH is 1. The molecule has 2 aliphatic rings. The smallest absolute Gasteiger partial charge is 0.309 e. The first kappa shape index (κ1) is 30.9. The Morgan fingerprint density at radius 1 is 1.31 bits per heavy atom. The van der Waals surface area contributed by atoms with Crippen molar-refractivity contribution in [3.8, 4) is 18.4 Å². The van der Waals surface area contributed by atoms with Gasteiger partial charge in [0.05, 0.1) is 31.8 Å². The molecule has 1 N–H and O–H groups in total. The number of terminal acetylenes is 1. The minimum atomic E-state index is -0.989. The number of hydrogen-bond acceptors (Lipinski definition) is 7. The minimum Gasteiger partial charge on any atom is -0.495 e. The van der Waals surface area contributed by atoms with Gasteiger partial charge in [0.15, 0.2) is 0 Å². The summed E-state index contributed by atoms with van der Waals surface area (Å²) < 4.78 is 24.8. The van der Waals surface area contributed by atoms with E-state index in [0.717, 1.165) is 39.1 Å². The number of aliphatic hydroxyl groups is 1. The van der Waals surface area contributed by atoms with E-state index in [9.17, 15) is 19.6 Å². The van der Waals surface area contributed by atoms with Crippen molar-refractivity contribution >= 4 is 5.97 Å². The molecule has 1 atom stereocenters. The third kappa shape index (κ3) is 11.5. The zero-order valence-electron chi connectivity index (χ0n) is 21.4. The maximum Gasteiger partial charge on any atom is 0.309 e. The van der Waals surface area contributed by atoms with Crippen LogP contribution in [0.5, 0.6) is 0 Å². The molecule has 8 heteroatoms. The summed E-state index contributed by atoms with van der Waals surface area (Å²) in [6.45, 7) is 10.1. The molecule has 0 bridgehead atoms. The normalized spacial score (nSPS) is 17.5. The number of piperazine rings is 1. The van der Waals surface area contributed by atoms with Crippen LogP contribution in [0.25, 0.3) is 0 Å². The van der Waals surface area contributed by atoms with E-state index in [0.29, 0.717) is 19.6 Å². The van der Waals surface area contributed by atoms with Gasteiger partial charge in [-0.05, 0) is 25.8 Å². The van der Waals surface area contributed by atoms with Gasteiger partial charge in [-0.25, -0.2) is 4.39 Å². The number of methoxy groups -OCH3 is 1. The monoisotopic (exact) mass is 499 g/mol. The molecule has 196 valence electrons. The number of halogens is 1. The molecule has 1 aliphatic heterocycles. The quantitative estimate of drug-likeness (QED) is 0.190. The average Bonchev–Trinajstić information content (AvgIpc) is 3.03. The van der Waals surface area contributed by atoms with Gasteiger partial charge in [-0.15, -0.1) is 18.9 Å². The fourth-order valence-corrected chi connectivity index (χ4v) is 3.70.